The zero-order valence-corrected chi connectivity index (χ0v) is 17.3. The average Bonchev–Trinajstić information content (AvgIpc) is 2.98. The molecule has 0 fully saturated rings. The van der Waals surface area contributed by atoms with E-state index in [0.29, 0.717) is 16.9 Å². The summed E-state index contributed by atoms with van der Waals surface area (Å²) in [6, 6.07) is 8.14. The molecule has 0 saturated carbocycles. The number of nitrogen functional groups attached to an aromatic ring is 1. The quantitative estimate of drug-likeness (QED) is 0.477. The third-order valence-corrected chi connectivity index (χ3v) is 5.05. The van der Waals surface area contributed by atoms with Gasteiger partial charge in [0.05, 0.1) is 5.75 Å². The monoisotopic (exact) mass is 391 g/mol. The minimum Gasteiger partial charge on any atom is -0.486 e. The van der Waals surface area contributed by atoms with Crippen molar-refractivity contribution < 1.29 is 9.53 Å². The van der Waals surface area contributed by atoms with E-state index in [1.165, 1.54) is 22.0 Å². The second-order valence-corrected chi connectivity index (χ2v) is 7.77. The Morgan fingerprint density at radius 3 is 2.59 bits per heavy atom. The number of ether oxygens (including phenoxy) is 1. The summed E-state index contributed by atoms with van der Waals surface area (Å²) >= 11 is 1.26. The first-order chi connectivity index (χ1) is 12.9. The van der Waals surface area contributed by atoms with E-state index in [4.69, 9.17) is 10.6 Å². The molecule has 0 radical (unpaired) electrons. The van der Waals surface area contributed by atoms with Gasteiger partial charge in [-0.1, -0.05) is 51.1 Å². The molecule has 1 aromatic carbocycles. The van der Waals surface area contributed by atoms with Crippen LogP contribution in [0, 0.1) is 0 Å². The van der Waals surface area contributed by atoms with Gasteiger partial charge in [0, 0.05) is 6.04 Å². The predicted molar refractivity (Wildman–Crippen MR) is 108 cm³/mol. The van der Waals surface area contributed by atoms with Crippen LogP contribution in [0.15, 0.2) is 29.4 Å². The Hall–Kier alpha value is -2.22. The van der Waals surface area contributed by atoms with Crippen LogP contribution in [0.25, 0.3) is 0 Å². The lowest BCUT2D eigenvalue weighted by molar-refractivity contribution is -0.119. The largest absolute Gasteiger partial charge is 0.486 e. The van der Waals surface area contributed by atoms with Gasteiger partial charge in [-0.05, 0) is 37.0 Å². The smallest absolute Gasteiger partial charge is 0.230 e. The Morgan fingerprint density at radius 2 is 1.96 bits per heavy atom. The molecule has 7 nitrogen and oxygen atoms in total. The molecule has 0 saturated heterocycles. The number of nitrogens with two attached hydrogens (primary N) is 1. The molecule has 0 bridgehead atoms. The Bertz CT molecular complexity index is 730. The van der Waals surface area contributed by atoms with E-state index in [0.717, 1.165) is 18.6 Å². The van der Waals surface area contributed by atoms with Gasteiger partial charge in [-0.25, -0.2) is 4.68 Å². The van der Waals surface area contributed by atoms with Crippen molar-refractivity contribution in [2.45, 2.75) is 64.3 Å². The van der Waals surface area contributed by atoms with Gasteiger partial charge >= 0.3 is 0 Å². The fourth-order valence-electron chi connectivity index (χ4n) is 2.55. The topological polar surface area (TPSA) is 95.1 Å². The average molecular weight is 392 g/mol. The van der Waals surface area contributed by atoms with E-state index in [-0.39, 0.29) is 24.3 Å². The number of aromatic nitrogens is 3. The fraction of sp³-hybridized carbons (Fsp3) is 0.526. The van der Waals surface area contributed by atoms with Crippen LogP contribution in [-0.4, -0.2) is 32.6 Å². The molecule has 1 unspecified atom stereocenters. The predicted octanol–water partition coefficient (Wildman–Crippen LogP) is 3.09. The SMILES string of the molecule is CCCC(C)NC(=O)CSc1nnc(COc2ccc(C(C)C)cc2)n1N. The van der Waals surface area contributed by atoms with Crippen LogP contribution in [0.3, 0.4) is 0 Å². The lowest BCUT2D eigenvalue weighted by Gasteiger charge is -2.12. The van der Waals surface area contributed by atoms with Crippen LogP contribution in [0.4, 0.5) is 0 Å². The molecule has 2 rings (SSSR count). The van der Waals surface area contributed by atoms with Crippen LogP contribution in [-0.2, 0) is 11.4 Å². The van der Waals surface area contributed by atoms with Crippen molar-refractivity contribution in [3.63, 3.8) is 0 Å². The maximum absolute atomic E-state index is 12.0. The molecule has 0 spiro atoms. The fourth-order valence-corrected chi connectivity index (χ4v) is 3.24. The Morgan fingerprint density at radius 1 is 1.26 bits per heavy atom. The minimum atomic E-state index is -0.0352. The number of thioether (sulfide) groups is 1. The van der Waals surface area contributed by atoms with Gasteiger partial charge in [-0.3, -0.25) is 4.79 Å². The van der Waals surface area contributed by atoms with Crippen molar-refractivity contribution in [1.82, 2.24) is 20.2 Å². The third-order valence-electron chi connectivity index (χ3n) is 4.11. The third kappa shape index (κ3) is 6.46. The number of hydrogen-bond acceptors (Lipinski definition) is 6. The molecular formula is C19H29N5O2S. The van der Waals surface area contributed by atoms with E-state index in [9.17, 15) is 4.79 Å². The molecule has 1 atom stereocenters. The van der Waals surface area contributed by atoms with Crippen LogP contribution in [0.1, 0.15) is 57.8 Å². The molecule has 0 aliphatic heterocycles. The molecule has 0 aliphatic rings. The van der Waals surface area contributed by atoms with Crippen molar-refractivity contribution in [3.05, 3.63) is 35.7 Å². The summed E-state index contributed by atoms with van der Waals surface area (Å²) in [4.78, 5) is 12.0. The maximum atomic E-state index is 12.0. The molecule has 8 heteroatoms. The summed E-state index contributed by atoms with van der Waals surface area (Å²) in [5, 5.41) is 11.5. The van der Waals surface area contributed by atoms with E-state index >= 15 is 0 Å². The Labute approximate surface area is 165 Å². The number of benzene rings is 1. The maximum Gasteiger partial charge on any atom is 0.230 e. The number of nitrogens with one attached hydrogen (secondary N) is 1. The molecule has 27 heavy (non-hydrogen) atoms. The lowest BCUT2D eigenvalue weighted by Crippen LogP contribution is -2.33. The highest BCUT2D eigenvalue weighted by atomic mass is 32.2. The van der Waals surface area contributed by atoms with E-state index in [1.54, 1.807) is 0 Å². The molecule has 1 heterocycles. The van der Waals surface area contributed by atoms with Gasteiger partial charge in [0.15, 0.2) is 5.82 Å². The number of hydrogen-bond donors (Lipinski definition) is 2. The van der Waals surface area contributed by atoms with Crippen LogP contribution in [0.2, 0.25) is 0 Å². The normalized spacial score (nSPS) is 12.2. The van der Waals surface area contributed by atoms with Crippen LogP contribution in [0.5, 0.6) is 5.75 Å². The number of rotatable bonds is 10. The van der Waals surface area contributed by atoms with E-state index in [2.05, 4.69) is 36.3 Å². The number of nitrogens with zero attached hydrogens (tertiary/aromatic N) is 3. The number of carbonyl (C=O) groups excluding carboxylic acids is 1. The van der Waals surface area contributed by atoms with Crippen LogP contribution < -0.4 is 15.9 Å². The molecule has 2 aromatic rings. The van der Waals surface area contributed by atoms with Crippen molar-refractivity contribution in [1.29, 1.82) is 0 Å². The van der Waals surface area contributed by atoms with Crippen molar-refractivity contribution in [2.75, 3.05) is 11.6 Å². The van der Waals surface area contributed by atoms with E-state index in [1.807, 2.05) is 31.2 Å². The summed E-state index contributed by atoms with van der Waals surface area (Å²) in [7, 11) is 0. The van der Waals surface area contributed by atoms with Crippen molar-refractivity contribution in [3.8, 4) is 5.75 Å². The van der Waals surface area contributed by atoms with Gasteiger partial charge in [-0.2, -0.15) is 0 Å². The van der Waals surface area contributed by atoms with Gasteiger partial charge < -0.3 is 15.9 Å². The Balaban J connectivity index is 1.84. The Kier molecular flexibility index (Phi) is 7.97. The first-order valence-electron chi connectivity index (χ1n) is 9.25. The molecule has 1 amide bonds. The summed E-state index contributed by atoms with van der Waals surface area (Å²) < 4.78 is 7.11. The molecular weight excluding hydrogens is 362 g/mol. The summed E-state index contributed by atoms with van der Waals surface area (Å²) in [5.74, 6) is 7.98. The number of amides is 1. The van der Waals surface area contributed by atoms with Gasteiger partial charge in [0.25, 0.3) is 0 Å². The second-order valence-electron chi connectivity index (χ2n) is 6.83. The minimum absolute atomic E-state index is 0.0352. The van der Waals surface area contributed by atoms with Gasteiger partial charge in [0.2, 0.25) is 11.1 Å². The molecule has 3 N–H and O–H groups in total. The highest BCUT2D eigenvalue weighted by molar-refractivity contribution is 7.99. The van der Waals surface area contributed by atoms with E-state index < -0.39 is 0 Å². The summed E-state index contributed by atoms with van der Waals surface area (Å²) in [6.07, 6.45) is 2.00. The van der Waals surface area contributed by atoms with Gasteiger partial charge in [-0.15, -0.1) is 10.2 Å². The second kappa shape index (κ2) is 10.2. The summed E-state index contributed by atoms with van der Waals surface area (Å²) in [5.41, 5.74) is 1.26. The zero-order valence-electron chi connectivity index (χ0n) is 16.4. The first kappa shape index (κ1) is 21.1. The van der Waals surface area contributed by atoms with Crippen LogP contribution >= 0.6 is 11.8 Å². The molecule has 1 aromatic heterocycles. The van der Waals surface area contributed by atoms with Crippen molar-refractivity contribution >= 4 is 17.7 Å². The van der Waals surface area contributed by atoms with Gasteiger partial charge in [0.1, 0.15) is 12.4 Å². The molecule has 148 valence electrons. The zero-order chi connectivity index (χ0) is 19.8. The highest BCUT2D eigenvalue weighted by Gasteiger charge is 2.14. The molecule has 0 aliphatic carbocycles. The standard InChI is InChI=1S/C19H29N5O2S/c1-5-6-14(4)21-18(25)12-27-19-23-22-17(24(19)20)11-26-16-9-7-15(8-10-16)13(2)3/h7-10,13-14H,5-6,11-12,20H2,1-4H3,(H,21,25). The number of carbonyl (C=O) groups is 1. The highest BCUT2D eigenvalue weighted by Crippen LogP contribution is 2.20. The summed E-state index contributed by atoms with van der Waals surface area (Å²) in [6.45, 7) is 8.61. The van der Waals surface area contributed by atoms with Crippen molar-refractivity contribution in [2.24, 2.45) is 0 Å². The first-order valence-corrected chi connectivity index (χ1v) is 10.2. The lowest BCUT2D eigenvalue weighted by atomic mass is 10.0.